The number of piperazine rings is 1. The Morgan fingerprint density at radius 2 is 2.22 bits per heavy atom. The quantitative estimate of drug-likeness (QED) is 0.740. The molecule has 0 saturated carbocycles. The van der Waals surface area contributed by atoms with Crippen LogP contribution in [-0.2, 0) is 4.79 Å². The van der Waals surface area contributed by atoms with Crippen LogP contribution in [0.25, 0.3) is 0 Å². The molecule has 1 aromatic rings. The number of halogens is 1. The lowest BCUT2D eigenvalue weighted by Gasteiger charge is -2.32. The lowest BCUT2D eigenvalue weighted by atomic mass is 10.2. The van der Waals surface area contributed by atoms with Crippen molar-refractivity contribution in [2.24, 2.45) is 0 Å². The lowest BCUT2D eigenvalue weighted by molar-refractivity contribution is -0.133. The van der Waals surface area contributed by atoms with E-state index < -0.39 is 0 Å². The Labute approximate surface area is 109 Å². The molecule has 1 saturated heterocycles. The zero-order chi connectivity index (χ0) is 13.3. The minimum Gasteiger partial charge on any atom is -0.397 e. The van der Waals surface area contributed by atoms with Gasteiger partial charge in [-0.2, -0.15) is 0 Å². The third kappa shape index (κ3) is 2.38. The Bertz CT molecular complexity index is 506. The van der Waals surface area contributed by atoms with Crippen LogP contribution in [-0.4, -0.2) is 53.3 Å². The summed E-state index contributed by atoms with van der Waals surface area (Å²) in [6.45, 7) is 1.05. The van der Waals surface area contributed by atoms with Crippen molar-refractivity contribution >= 4 is 29.1 Å². The topological polar surface area (TPSA) is 79.5 Å². The average Bonchev–Trinajstić information content (AvgIpc) is 2.35. The van der Waals surface area contributed by atoms with Gasteiger partial charge in [0.05, 0.1) is 17.4 Å². The summed E-state index contributed by atoms with van der Waals surface area (Å²) in [6, 6.07) is 1.47. The number of anilines is 1. The van der Waals surface area contributed by atoms with Gasteiger partial charge in [0.25, 0.3) is 5.91 Å². The fourth-order valence-corrected chi connectivity index (χ4v) is 1.90. The molecule has 2 rings (SSSR count). The van der Waals surface area contributed by atoms with Gasteiger partial charge in [0.2, 0.25) is 5.91 Å². The molecule has 1 aromatic heterocycles. The van der Waals surface area contributed by atoms with Gasteiger partial charge in [0, 0.05) is 20.1 Å². The van der Waals surface area contributed by atoms with Gasteiger partial charge in [-0.25, -0.2) is 4.98 Å². The van der Waals surface area contributed by atoms with Gasteiger partial charge < -0.3 is 15.5 Å². The molecule has 0 radical (unpaired) electrons. The lowest BCUT2D eigenvalue weighted by Crippen LogP contribution is -2.50. The van der Waals surface area contributed by atoms with Gasteiger partial charge in [0.15, 0.2) is 0 Å². The average molecular weight is 269 g/mol. The van der Waals surface area contributed by atoms with Crippen LogP contribution in [0.15, 0.2) is 12.3 Å². The van der Waals surface area contributed by atoms with Gasteiger partial charge in [-0.05, 0) is 6.07 Å². The predicted molar refractivity (Wildman–Crippen MR) is 67.2 cm³/mol. The van der Waals surface area contributed by atoms with Crippen LogP contribution in [0, 0.1) is 0 Å². The molecular formula is C11H13ClN4O2. The Morgan fingerprint density at radius 3 is 2.89 bits per heavy atom. The minimum atomic E-state index is -0.318. The van der Waals surface area contributed by atoms with Gasteiger partial charge in [0.1, 0.15) is 11.7 Å². The predicted octanol–water partition coefficient (Wildman–Crippen LogP) is 0.231. The molecule has 2 N–H and O–H groups in total. The van der Waals surface area contributed by atoms with E-state index in [0.717, 1.165) is 0 Å². The summed E-state index contributed by atoms with van der Waals surface area (Å²) in [5.41, 5.74) is 6.17. The number of rotatable bonds is 1. The largest absolute Gasteiger partial charge is 0.397 e. The molecule has 18 heavy (non-hydrogen) atoms. The summed E-state index contributed by atoms with van der Waals surface area (Å²) < 4.78 is 0. The molecule has 0 aliphatic carbocycles. The third-order valence-corrected chi connectivity index (χ3v) is 3.14. The molecule has 0 atom stereocenters. The highest BCUT2D eigenvalue weighted by molar-refractivity contribution is 6.32. The molecule has 0 bridgehead atoms. The zero-order valence-electron chi connectivity index (χ0n) is 9.89. The van der Waals surface area contributed by atoms with Crippen LogP contribution in [0.1, 0.15) is 10.4 Å². The normalized spacial score (nSPS) is 16.0. The van der Waals surface area contributed by atoms with Crippen molar-refractivity contribution in [1.82, 2.24) is 14.8 Å². The van der Waals surface area contributed by atoms with Gasteiger partial charge >= 0.3 is 0 Å². The van der Waals surface area contributed by atoms with E-state index in [0.29, 0.717) is 18.8 Å². The van der Waals surface area contributed by atoms with E-state index in [1.54, 1.807) is 11.9 Å². The minimum absolute atomic E-state index is 0.0560. The van der Waals surface area contributed by atoms with Gasteiger partial charge in [-0.15, -0.1) is 0 Å². The van der Waals surface area contributed by atoms with Crippen LogP contribution in [0.4, 0.5) is 5.69 Å². The van der Waals surface area contributed by atoms with Crippen molar-refractivity contribution in [2.45, 2.75) is 0 Å². The number of carbonyl (C=O) groups is 2. The summed E-state index contributed by atoms with van der Waals surface area (Å²) in [6.07, 6.45) is 1.38. The first-order chi connectivity index (χ1) is 8.49. The fraction of sp³-hybridized carbons (Fsp3) is 0.364. The third-order valence-electron chi connectivity index (χ3n) is 2.84. The van der Waals surface area contributed by atoms with Gasteiger partial charge in [-0.3, -0.25) is 9.59 Å². The maximum absolute atomic E-state index is 12.2. The zero-order valence-corrected chi connectivity index (χ0v) is 10.6. The summed E-state index contributed by atoms with van der Waals surface area (Å²) in [4.78, 5) is 30.6. The standard InChI is InChI=1S/C11H13ClN4O2/c1-15-2-3-16(6-9(15)17)11(18)8-4-7(13)5-14-10(8)12/h4-5H,2-3,6,13H2,1H3. The van der Waals surface area contributed by atoms with Crippen LogP contribution in [0.3, 0.4) is 0 Å². The second-order valence-electron chi connectivity index (χ2n) is 4.15. The second kappa shape index (κ2) is 4.81. The smallest absolute Gasteiger partial charge is 0.257 e. The number of nitrogens with two attached hydrogens (primary N) is 1. The van der Waals surface area contributed by atoms with Crippen molar-refractivity contribution in [1.29, 1.82) is 0 Å². The molecule has 0 spiro atoms. The van der Waals surface area contributed by atoms with Crippen LogP contribution >= 0.6 is 11.6 Å². The Hall–Kier alpha value is -1.82. The van der Waals surface area contributed by atoms with Crippen molar-refractivity contribution in [2.75, 3.05) is 32.4 Å². The molecule has 2 amide bonds. The van der Waals surface area contributed by atoms with Crippen molar-refractivity contribution in [3.63, 3.8) is 0 Å². The number of pyridine rings is 1. The Balaban J connectivity index is 2.21. The summed E-state index contributed by atoms with van der Waals surface area (Å²) in [5, 5.41) is 0.0978. The highest BCUT2D eigenvalue weighted by Crippen LogP contribution is 2.18. The van der Waals surface area contributed by atoms with Gasteiger partial charge in [-0.1, -0.05) is 11.6 Å². The molecule has 0 unspecified atom stereocenters. The number of amides is 2. The SMILES string of the molecule is CN1CCN(C(=O)c2cc(N)cnc2Cl)CC1=O. The van der Waals surface area contributed by atoms with E-state index in [1.807, 2.05) is 0 Å². The first-order valence-corrected chi connectivity index (χ1v) is 5.81. The number of nitrogen functional groups attached to an aromatic ring is 1. The molecule has 7 heteroatoms. The molecule has 2 heterocycles. The molecule has 0 aromatic carbocycles. The molecule has 1 aliphatic heterocycles. The maximum atomic E-state index is 12.2. The van der Waals surface area contributed by atoms with E-state index in [4.69, 9.17) is 17.3 Å². The summed E-state index contributed by atoms with van der Waals surface area (Å²) in [5.74, 6) is -0.413. The van der Waals surface area contributed by atoms with E-state index in [2.05, 4.69) is 4.98 Å². The molecule has 96 valence electrons. The Kier molecular flexibility index (Phi) is 3.38. The molecular weight excluding hydrogens is 256 g/mol. The van der Waals surface area contributed by atoms with Crippen LogP contribution < -0.4 is 5.73 Å². The number of hydrogen-bond acceptors (Lipinski definition) is 4. The Morgan fingerprint density at radius 1 is 1.50 bits per heavy atom. The number of hydrogen-bond donors (Lipinski definition) is 1. The number of aromatic nitrogens is 1. The summed E-state index contributed by atoms with van der Waals surface area (Å²) in [7, 11) is 1.71. The first kappa shape index (κ1) is 12.6. The van der Waals surface area contributed by atoms with E-state index in [1.165, 1.54) is 17.2 Å². The van der Waals surface area contributed by atoms with E-state index >= 15 is 0 Å². The number of carbonyl (C=O) groups excluding carboxylic acids is 2. The van der Waals surface area contributed by atoms with Crippen LogP contribution in [0.5, 0.6) is 0 Å². The number of likely N-dealkylation sites (N-methyl/N-ethyl adjacent to an activating group) is 1. The second-order valence-corrected chi connectivity index (χ2v) is 4.51. The monoisotopic (exact) mass is 268 g/mol. The highest BCUT2D eigenvalue weighted by atomic mass is 35.5. The summed E-state index contributed by atoms with van der Waals surface area (Å²) >= 11 is 5.87. The first-order valence-electron chi connectivity index (χ1n) is 5.43. The van der Waals surface area contributed by atoms with Crippen molar-refractivity contribution < 1.29 is 9.59 Å². The van der Waals surface area contributed by atoms with Crippen molar-refractivity contribution in [3.05, 3.63) is 23.0 Å². The maximum Gasteiger partial charge on any atom is 0.257 e. The van der Waals surface area contributed by atoms with E-state index in [-0.39, 0.29) is 29.1 Å². The fourth-order valence-electron chi connectivity index (χ4n) is 1.72. The van der Waals surface area contributed by atoms with E-state index in [9.17, 15) is 9.59 Å². The molecule has 1 fully saturated rings. The highest BCUT2D eigenvalue weighted by Gasteiger charge is 2.27. The van der Waals surface area contributed by atoms with Crippen LogP contribution in [0.2, 0.25) is 5.15 Å². The molecule has 1 aliphatic rings. The number of nitrogens with zero attached hydrogens (tertiary/aromatic N) is 3. The molecule has 6 nitrogen and oxygen atoms in total. The van der Waals surface area contributed by atoms with Crippen molar-refractivity contribution in [3.8, 4) is 0 Å².